The van der Waals surface area contributed by atoms with E-state index in [1.807, 2.05) is 0 Å². The summed E-state index contributed by atoms with van der Waals surface area (Å²) in [4.78, 5) is 37.1. The normalized spacial score (nSPS) is 10.6. The Morgan fingerprint density at radius 3 is 1.61 bits per heavy atom. The second-order valence-corrected chi connectivity index (χ2v) is 12.2. The molecule has 0 spiro atoms. The van der Waals surface area contributed by atoms with Crippen molar-refractivity contribution in [2.75, 3.05) is 51.3 Å². The van der Waals surface area contributed by atoms with Gasteiger partial charge < -0.3 is 30.0 Å². The van der Waals surface area contributed by atoms with Gasteiger partial charge in [0.05, 0.1) is 48.3 Å². The number of fused-ring (bicyclic) bond motifs is 2. The molecule has 0 aliphatic rings. The van der Waals surface area contributed by atoms with Crippen LogP contribution in [0, 0.1) is 37.7 Å². The number of aromatic nitrogens is 4. The Hall–Kier alpha value is -5.99. The number of rotatable bonds is 14. The number of nitrogens with one attached hydrogen (secondary N) is 2. The molecule has 57 heavy (non-hydrogen) atoms. The van der Waals surface area contributed by atoms with Crippen LogP contribution in [0.4, 0.5) is 47.6 Å². The Kier molecular flexibility index (Phi) is 16.4. The minimum Gasteiger partial charge on any atom is -0.487 e. The number of anilines is 4. The van der Waals surface area contributed by atoms with Gasteiger partial charge in [-0.1, -0.05) is 23.2 Å². The van der Waals surface area contributed by atoms with Crippen LogP contribution in [0.15, 0.2) is 73.3 Å². The zero-order valence-corrected chi connectivity index (χ0v) is 31.6. The molecule has 0 fully saturated rings. The van der Waals surface area contributed by atoms with Gasteiger partial charge in [0.25, 0.3) is 0 Å². The molecule has 21 heteroatoms. The van der Waals surface area contributed by atoms with Crippen LogP contribution in [0.3, 0.4) is 0 Å². The van der Waals surface area contributed by atoms with Gasteiger partial charge in [0.2, 0.25) is 5.82 Å². The second-order valence-electron chi connectivity index (χ2n) is 11.4. The molecule has 0 bridgehead atoms. The summed E-state index contributed by atoms with van der Waals surface area (Å²) in [6.45, 7) is 1.65. The van der Waals surface area contributed by atoms with Gasteiger partial charge in [-0.05, 0) is 42.8 Å². The number of aliphatic hydroxyl groups is 1. The molecule has 3 N–H and O–H groups in total. The predicted octanol–water partition coefficient (Wildman–Crippen LogP) is 8.72. The number of benzene rings is 4. The summed E-state index contributed by atoms with van der Waals surface area (Å²) in [5.41, 5.74) is 0.654. The van der Waals surface area contributed by atoms with Crippen LogP contribution in [0.5, 0.6) is 5.75 Å². The van der Waals surface area contributed by atoms with E-state index in [-0.39, 0.29) is 51.4 Å². The Morgan fingerprint density at radius 2 is 1.16 bits per heavy atom. The lowest BCUT2D eigenvalue weighted by Gasteiger charge is -2.11. The highest BCUT2D eigenvalue weighted by Crippen LogP contribution is 2.35. The maximum Gasteiger partial charge on any atom is 0.311 e. The Balaban J connectivity index is 0.000000224. The van der Waals surface area contributed by atoms with E-state index in [1.165, 1.54) is 55.1 Å². The van der Waals surface area contributed by atoms with Gasteiger partial charge >= 0.3 is 11.4 Å². The number of nitrogens with zero attached hydrogens (tertiary/aromatic N) is 6. The van der Waals surface area contributed by atoms with Gasteiger partial charge in [0, 0.05) is 76.1 Å². The number of hydrogen-bond donors (Lipinski definition) is 3. The van der Waals surface area contributed by atoms with Crippen molar-refractivity contribution in [1.29, 1.82) is 0 Å². The van der Waals surface area contributed by atoms with E-state index in [0.29, 0.717) is 47.7 Å². The summed E-state index contributed by atoms with van der Waals surface area (Å²) in [7, 11) is 3.19. The third-order valence-corrected chi connectivity index (χ3v) is 8.01. The van der Waals surface area contributed by atoms with E-state index in [9.17, 15) is 33.4 Å². The van der Waals surface area contributed by atoms with E-state index in [1.54, 1.807) is 14.2 Å². The van der Waals surface area contributed by atoms with Gasteiger partial charge in [0.15, 0.2) is 5.75 Å². The number of nitro benzene ring substituents is 2. The zero-order chi connectivity index (χ0) is 41.5. The maximum atomic E-state index is 13.6. The van der Waals surface area contributed by atoms with Crippen molar-refractivity contribution < 1.29 is 42.3 Å². The van der Waals surface area contributed by atoms with E-state index in [2.05, 4.69) is 35.3 Å². The van der Waals surface area contributed by atoms with Crippen LogP contribution in [0.1, 0.15) is 12.8 Å². The maximum absolute atomic E-state index is 13.6. The molecule has 16 nitrogen and oxygen atoms in total. The molecule has 0 saturated heterocycles. The summed E-state index contributed by atoms with van der Waals surface area (Å²) >= 11 is 11.5. The predicted molar refractivity (Wildman–Crippen MR) is 207 cm³/mol. The quantitative estimate of drug-likeness (QED) is 0.0533. The average Bonchev–Trinajstić information content (AvgIpc) is 3.18. The van der Waals surface area contributed by atoms with Gasteiger partial charge in [-0.25, -0.2) is 28.7 Å². The van der Waals surface area contributed by atoms with Crippen molar-refractivity contribution in [3.05, 3.63) is 121 Å². The van der Waals surface area contributed by atoms with Crippen molar-refractivity contribution >= 4 is 79.4 Å². The van der Waals surface area contributed by atoms with Crippen molar-refractivity contribution in [3.63, 3.8) is 0 Å². The first-order chi connectivity index (χ1) is 27.4. The van der Waals surface area contributed by atoms with Crippen molar-refractivity contribution in [3.8, 4) is 5.75 Å². The van der Waals surface area contributed by atoms with Gasteiger partial charge in [0.1, 0.15) is 35.9 Å². The molecule has 0 unspecified atom stereocenters. The lowest BCUT2D eigenvalue weighted by Crippen LogP contribution is -2.04. The monoisotopic (exact) mass is 832 g/mol. The molecule has 300 valence electrons. The van der Waals surface area contributed by atoms with E-state index < -0.39 is 33.0 Å². The number of nitro groups is 2. The first kappa shape index (κ1) is 43.7. The van der Waals surface area contributed by atoms with E-state index in [4.69, 9.17) is 37.8 Å². The van der Waals surface area contributed by atoms with Crippen LogP contribution in [0.2, 0.25) is 10.0 Å². The first-order valence-electron chi connectivity index (χ1n) is 16.5. The van der Waals surface area contributed by atoms with Crippen LogP contribution in [0.25, 0.3) is 21.8 Å². The van der Waals surface area contributed by atoms with Gasteiger partial charge in [-0.15, -0.1) is 0 Å². The third kappa shape index (κ3) is 12.2. The van der Waals surface area contributed by atoms with Gasteiger partial charge in [-0.3, -0.25) is 20.2 Å². The highest BCUT2D eigenvalue weighted by molar-refractivity contribution is 6.31. The molecule has 0 atom stereocenters. The lowest BCUT2D eigenvalue weighted by molar-refractivity contribution is -0.387. The smallest absolute Gasteiger partial charge is 0.311 e. The molecule has 4 aromatic carbocycles. The van der Waals surface area contributed by atoms with Crippen LogP contribution in [-0.2, 0) is 9.47 Å². The minimum atomic E-state index is -0.989. The number of aliphatic hydroxyl groups excluding tert-OH is 1. The van der Waals surface area contributed by atoms with E-state index >= 15 is 0 Å². The molecule has 0 radical (unpaired) electrons. The van der Waals surface area contributed by atoms with Crippen molar-refractivity contribution in [1.82, 2.24) is 19.9 Å². The van der Waals surface area contributed by atoms with Crippen LogP contribution >= 0.6 is 23.2 Å². The Morgan fingerprint density at radius 1 is 0.667 bits per heavy atom. The Labute approximate surface area is 331 Å². The average molecular weight is 834 g/mol. The molecule has 0 saturated carbocycles. The molecule has 0 amide bonds. The topological polar surface area (TPSA) is 210 Å². The molecule has 0 aliphatic heterocycles. The summed E-state index contributed by atoms with van der Waals surface area (Å²) in [6, 6.07) is 12.8. The SMILES string of the molecule is COCCCO.COCCCOc1cc2ncnc(Nc3ccc(F)c(Cl)c3)c2cc1[N+](=O)[O-].O=[N+]([O-])c1cc2c(Nc3ccc(F)c(Cl)c3)ncnc2cc1F. The summed E-state index contributed by atoms with van der Waals surface area (Å²) in [5, 5.41) is 36.8. The second kappa shape index (κ2) is 21.3. The number of hydrogen-bond acceptors (Lipinski definition) is 14. The molecule has 2 aromatic heterocycles. The lowest BCUT2D eigenvalue weighted by atomic mass is 10.2. The summed E-state index contributed by atoms with van der Waals surface area (Å²) in [6.07, 6.45) is 3.83. The fraction of sp³-hybridized carbons (Fsp3) is 0.222. The minimum absolute atomic E-state index is 0.0545. The molecular weight excluding hydrogens is 800 g/mol. The molecule has 0 aliphatic carbocycles. The van der Waals surface area contributed by atoms with Gasteiger partial charge in [-0.2, -0.15) is 4.39 Å². The van der Waals surface area contributed by atoms with Crippen molar-refractivity contribution in [2.45, 2.75) is 12.8 Å². The number of halogens is 5. The largest absolute Gasteiger partial charge is 0.487 e. The highest BCUT2D eigenvalue weighted by Gasteiger charge is 2.20. The summed E-state index contributed by atoms with van der Waals surface area (Å²) < 4.78 is 55.3. The van der Waals surface area contributed by atoms with Crippen LogP contribution < -0.4 is 15.4 Å². The fourth-order valence-corrected chi connectivity index (χ4v) is 5.11. The van der Waals surface area contributed by atoms with Crippen molar-refractivity contribution in [2.24, 2.45) is 0 Å². The third-order valence-electron chi connectivity index (χ3n) is 7.43. The molecule has 6 rings (SSSR count). The highest BCUT2D eigenvalue weighted by atomic mass is 35.5. The summed E-state index contributed by atoms with van der Waals surface area (Å²) in [5.74, 6) is -1.48. The fourth-order valence-electron chi connectivity index (χ4n) is 4.75. The molecule has 6 aromatic rings. The standard InChI is InChI=1S/C18H16ClFN4O4.C14H7ClF2N4O2.C4H10O2/c1-27-5-2-6-28-17-9-15-12(8-16(17)24(25)26)18(22-10-21-15)23-11-3-4-14(20)13(19)7-11;15-9-3-7(1-2-10(9)16)20-14-8-4-13(21(22)23)11(17)5-12(8)18-6-19-14;1-6-4-2-3-5/h3-4,7-10H,2,5-6H2,1H3,(H,21,22,23);1-6H,(H,18,19,20);5H,2-4H2,1H3. The molecule has 2 heterocycles. The number of methoxy groups -OCH3 is 2. The zero-order valence-electron chi connectivity index (χ0n) is 30.0. The van der Waals surface area contributed by atoms with E-state index in [0.717, 1.165) is 24.6 Å². The number of ether oxygens (including phenoxy) is 3. The Bertz CT molecular complexity index is 2350. The molecular formula is C36H33Cl2F3N8O8. The first-order valence-corrected chi connectivity index (χ1v) is 17.3. The van der Waals surface area contributed by atoms with Crippen LogP contribution in [-0.4, -0.2) is 75.5 Å².